The molecule has 0 saturated heterocycles. The molecular formula is C25H20O5. The predicted octanol–water partition coefficient (Wildman–Crippen LogP) is 5.15. The first-order chi connectivity index (χ1) is 14.5. The maximum Gasteiger partial charge on any atom is 0.343 e. The molecule has 3 aromatic carbocycles. The maximum absolute atomic E-state index is 12.8. The highest BCUT2D eigenvalue weighted by Gasteiger charge is 2.30. The summed E-state index contributed by atoms with van der Waals surface area (Å²) in [6, 6.07) is 17.6. The first kappa shape index (κ1) is 19.5. The van der Waals surface area contributed by atoms with E-state index in [9.17, 15) is 9.59 Å². The number of Topliss-reactive ketones (excluding diaryl/α,β-unsaturated/α-hetero) is 1. The number of methoxy groups -OCH3 is 1. The quantitative estimate of drug-likeness (QED) is 0.344. The van der Waals surface area contributed by atoms with Crippen LogP contribution >= 0.6 is 0 Å². The first-order valence-electron chi connectivity index (χ1n) is 9.47. The van der Waals surface area contributed by atoms with Crippen molar-refractivity contribution in [3.05, 3.63) is 94.2 Å². The SMILES string of the molecule is COc1ccc(C(=O)Oc2cc(C)c3c(c2)O/C(=C\c2ccccc2C)C3=O)cc1. The highest BCUT2D eigenvalue weighted by Crippen LogP contribution is 2.38. The third-order valence-electron chi connectivity index (χ3n) is 4.95. The zero-order chi connectivity index (χ0) is 21.3. The fourth-order valence-electron chi connectivity index (χ4n) is 3.32. The van der Waals surface area contributed by atoms with Gasteiger partial charge < -0.3 is 14.2 Å². The molecule has 5 nitrogen and oxygen atoms in total. The molecule has 0 unspecified atom stereocenters. The molecular weight excluding hydrogens is 380 g/mol. The molecule has 30 heavy (non-hydrogen) atoms. The van der Waals surface area contributed by atoms with Gasteiger partial charge in [-0.3, -0.25) is 4.79 Å². The topological polar surface area (TPSA) is 61.8 Å². The minimum absolute atomic E-state index is 0.182. The van der Waals surface area contributed by atoms with Gasteiger partial charge in [0.15, 0.2) is 5.76 Å². The van der Waals surface area contributed by atoms with Crippen LogP contribution in [0.15, 0.2) is 66.4 Å². The van der Waals surface area contributed by atoms with Crippen molar-refractivity contribution < 1.29 is 23.8 Å². The van der Waals surface area contributed by atoms with Crippen molar-refractivity contribution in [2.45, 2.75) is 13.8 Å². The second kappa shape index (κ2) is 7.87. The van der Waals surface area contributed by atoms with Crippen molar-refractivity contribution in [3.8, 4) is 17.2 Å². The molecule has 5 heteroatoms. The molecule has 0 saturated carbocycles. The number of ether oxygens (including phenoxy) is 3. The van der Waals surface area contributed by atoms with Gasteiger partial charge in [0.05, 0.1) is 18.2 Å². The Bertz CT molecular complexity index is 1170. The van der Waals surface area contributed by atoms with Crippen LogP contribution < -0.4 is 14.2 Å². The number of benzene rings is 3. The minimum atomic E-state index is -0.503. The number of esters is 1. The fraction of sp³-hybridized carbons (Fsp3) is 0.120. The number of hydrogen-bond donors (Lipinski definition) is 0. The number of rotatable bonds is 4. The van der Waals surface area contributed by atoms with Gasteiger partial charge >= 0.3 is 5.97 Å². The van der Waals surface area contributed by atoms with Gasteiger partial charge in [0.2, 0.25) is 5.78 Å². The zero-order valence-corrected chi connectivity index (χ0v) is 16.9. The molecule has 1 aliphatic heterocycles. The number of carbonyl (C=O) groups is 2. The van der Waals surface area contributed by atoms with E-state index in [-0.39, 0.29) is 11.5 Å². The lowest BCUT2D eigenvalue weighted by molar-refractivity contribution is 0.0734. The van der Waals surface area contributed by atoms with Gasteiger partial charge in [-0.1, -0.05) is 24.3 Å². The Hall–Kier alpha value is -3.86. The Morgan fingerprint density at radius 2 is 1.67 bits per heavy atom. The Kier molecular flexibility index (Phi) is 5.11. The third-order valence-corrected chi connectivity index (χ3v) is 4.95. The summed E-state index contributed by atoms with van der Waals surface area (Å²) in [4.78, 5) is 25.3. The molecule has 0 atom stereocenters. The van der Waals surface area contributed by atoms with E-state index in [4.69, 9.17) is 14.2 Å². The van der Waals surface area contributed by atoms with Gasteiger partial charge in [0.1, 0.15) is 17.2 Å². The van der Waals surface area contributed by atoms with Crippen LogP contribution in [-0.2, 0) is 0 Å². The minimum Gasteiger partial charge on any atom is -0.497 e. The Morgan fingerprint density at radius 3 is 2.37 bits per heavy atom. The van der Waals surface area contributed by atoms with Gasteiger partial charge in [-0.15, -0.1) is 0 Å². The number of carbonyl (C=O) groups excluding carboxylic acids is 2. The molecule has 0 aromatic heterocycles. The largest absolute Gasteiger partial charge is 0.497 e. The lowest BCUT2D eigenvalue weighted by Crippen LogP contribution is -2.08. The standard InChI is InChI=1S/C25H20O5/c1-15-6-4-5-7-18(15)13-22-24(26)23-16(2)12-20(14-21(23)30-22)29-25(27)17-8-10-19(28-3)11-9-17/h4-14H,1-3H3/b22-13-. The molecule has 0 radical (unpaired) electrons. The predicted molar refractivity (Wildman–Crippen MR) is 113 cm³/mol. The molecule has 0 bridgehead atoms. The summed E-state index contributed by atoms with van der Waals surface area (Å²) in [7, 11) is 1.56. The lowest BCUT2D eigenvalue weighted by atomic mass is 10.0. The van der Waals surface area contributed by atoms with Crippen molar-refractivity contribution in [2.75, 3.05) is 7.11 Å². The summed E-state index contributed by atoms with van der Waals surface area (Å²) < 4.78 is 16.4. The van der Waals surface area contributed by atoms with Crippen LogP contribution in [0.2, 0.25) is 0 Å². The number of ketones is 1. The van der Waals surface area contributed by atoms with Crippen LogP contribution in [0.1, 0.15) is 37.4 Å². The Labute approximate surface area is 174 Å². The van der Waals surface area contributed by atoms with Gasteiger partial charge in [-0.2, -0.15) is 0 Å². The van der Waals surface area contributed by atoms with E-state index in [1.54, 1.807) is 56.5 Å². The molecule has 4 rings (SSSR count). The average molecular weight is 400 g/mol. The van der Waals surface area contributed by atoms with E-state index >= 15 is 0 Å². The van der Waals surface area contributed by atoms with Gasteiger partial charge in [0.25, 0.3) is 0 Å². The summed E-state index contributed by atoms with van der Waals surface area (Å²) in [6.07, 6.45) is 1.74. The van der Waals surface area contributed by atoms with E-state index in [0.29, 0.717) is 33.9 Å². The number of fused-ring (bicyclic) bond motifs is 1. The van der Waals surface area contributed by atoms with Crippen LogP contribution in [-0.4, -0.2) is 18.9 Å². The number of hydrogen-bond acceptors (Lipinski definition) is 5. The monoisotopic (exact) mass is 400 g/mol. The van der Waals surface area contributed by atoms with Crippen molar-refractivity contribution in [3.63, 3.8) is 0 Å². The molecule has 3 aromatic rings. The van der Waals surface area contributed by atoms with Crippen LogP contribution in [0.3, 0.4) is 0 Å². The average Bonchev–Trinajstić information content (AvgIpc) is 3.05. The highest BCUT2D eigenvalue weighted by atomic mass is 16.5. The Balaban J connectivity index is 1.59. The Morgan fingerprint density at radius 1 is 0.933 bits per heavy atom. The van der Waals surface area contributed by atoms with Gasteiger partial charge in [-0.25, -0.2) is 4.79 Å². The molecule has 0 amide bonds. The van der Waals surface area contributed by atoms with Crippen molar-refractivity contribution in [2.24, 2.45) is 0 Å². The summed E-state index contributed by atoms with van der Waals surface area (Å²) in [5.41, 5.74) is 3.52. The van der Waals surface area contributed by atoms with E-state index in [1.807, 2.05) is 31.2 Å². The number of aryl methyl sites for hydroxylation is 2. The fourth-order valence-corrected chi connectivity index (χ4v) is 3.32. The van der Waals surface area contributed by atoms with E-state index < -0.39 is 5.97 Å². The normalized spacial score (nSPS) is 13.7. The molecule has 150 valence electrons. The van der Waals surface area contributed by atoms with Crippen LogP contribution in [0.25, 0.3) is 6.08 Å². The summed E-state index contributed by atoms with van der Waals surface area (Å²) in [5, 5.41) is 0. The van der Waals surface area contributed by atoms with Crippen molar-refractivity contribution >= 4 is 17.8 Å². The number of allylic oxidation sites excluding steroid dienone is 1. The molecule has 0 fully saturated rings. The molecule has 0 aliphatic carbocycles. The van der Waals surface area contributed by atoms with Crippen LogP contribution in [0.4, 0.5) is 0 Å². The first-order valence-corrected chi connectivity index (χ1v) is 9.47. The second-order valence-electron chi connectivity index (χ2n) is 7.03. The van der Waals surface area contributed by atoms with Crippen molar-refractivity contribution in [1.82, 2.24) is 0 Å². The second-order valence-corrected chi connectivity index (χ2v) is 7.03. The summed E-state index contributed by atoms with van der Waals surface area (Å²) in [5.74, 6) is 0.922. The van der Waals surface area contributed by atoms with Crippen LogP contribution in [0.5, 0.6) is 17.2 Å². The highest BCUT2D eigenvalue weighted by molar-refractivity contribution is 6.15. The smallest absolute Gasteiger partial charge is 0.343 e. The van der Waals surface area contributed by atoms with Gasteiger partial charge in [-0.05, 0) is 66.9 Å². The summed E-state index contributed by atoms with van der Waals surface area (Å²) >= 11 is 0. The van der Waals surface area contributed by atoms with E-state index in [2.05, 4.69) is 0 Å². The molecule has 1 aliphatic rings. The zero-order valence-electron chi connectivity index (χ0n) is 16.9. The van der Waals surface area contributed by atoms with Crippen molar-refractivity contribution in [1.29, 1.82) is 0 Å². The van der Waals surface area contributed by atoms with Crippen LogP contribution in [0, 0.1) is 13.8 Å². The summed E-state index contributed by atoms with van der Waals surface area (Å²) in [6.45, 7) is 3.77. The molecule has 0 N–H and O–H groups in total. The van der Waals surface area contributed by atoms with E-state index in [0.717, 1.165) is 11.1 Å². The molecule has 0 spiro atoms. The van der Waals surface area contributed by atoms with Gasteiger partial charge in [0, 0.05) is 6.07 Å². The molecule has 1 heterocycles. The third kappa shape index (κ3) is 3.70. The lowest BCUT2D eigenvalue weighted by Gasteiger charge is -2.08. The maximum atomic E-state index is 12.8. The van der Waals surface area contributed by atoms with E-state index in [1.165, 1.54) is 0 Å².